The van der Waals surface area contributed by atoms with Crippen molar-refractivity contribution in [3.63, 3.8) is 0 Å². The number of amides is 3. The van der Waals surface area contributed by atoms with Crippen molar-refractivity contribution < 1.29 is 14.4 Å². The lowest BCUT2D eigenvalue weighted by Gasteiger charge is -2.32. The fourth-order valence-corrected chi connectivity index (χ4v) is 7.53. The minimum atomic E-state index is -0.830. The van der Waals surface area contributed by atoms with E-state index in [1.54, 1.807) is 18.8 Å². The number of aromatic amines is 1. The summed E-state index contributed by atoms with van der Waals surface area (Å²) < 4.78 is 0. The van der Waals surface area contributed by atoms with Crippen molar-refractivity contribution in [1.82, 2.24) is 25.8 Å². The monoisotopic (exact) mass is 697 g/mol. The highest BCUT2D eigenvalue weighted by Crippen LogP contribution is 2.34. The Hall–Kier alpha value is -4.16. The highest BCUT2D eigenvalue weighted by molar-refractivity contribution is 7.99. The van der Waals surface area contributed by atoms with E-state index in [1.165, 1.54) is 10.5 Å². The van der Waals surface area contributed by atoms with Crippen molar-refractivity contribution in [3.05, 3.63) is 95.2 Å². The van der Waals surface area contributed by atoms with Crippen molar-refractivity contribution in [3.8, 4) is 0 Å². The summed E-state index contributed by atoms with van der Waals surface area (Å²) in [6, 6.07) is 20.3. The van der Waals surface area contributed by atoms with E-state index in [2.05, 4.69) is 58.2 Å². The van der Waals surface area contributed by atoms with Crippen LogP contribution in [0.25, 0.3) is 10.9 Å². The van der Waals surface area contributed by atoms with Crippen LogP contribution in [0.15, 0.2) is 82.7 Å². The van der Waals surface area contributed by atoms with Gasteiger partial charge in [-0.3, -0.25) is 14.4 Å². The van der Waals surface area contributed by atoms with Crippen molar-refractivity contribution in [2.24, 2.45) is 11.5 Å². The predicted molar refractivity (Wildman–Crippen MR) is 201 cm³/mol. The number of likely N-dealkylation sites (N-methyl/N-ethyl adjacent to an activating group) is 1. The van der Waals surface area contributed by atoms with Crippen LogP contribution >= 0.6 is 11.8 Å². The molecule has 50 heavy (non-hydrogen) atoms. The van der Waals surface area contributed by atoms with E-state index in [0.29, 0.717) is 64.7 Å². The molecule has 0 unspecified atom stereocenters. The second-order valence-corrected chi connectivity index (χ2v) is 14.0. The van der Waals surface area contributed by atoms with Crippen LogP contribution in [0.3, 0.4) is 0 Å². The number of hydrogen-bond acceptors (Lipinski definition) is 7. The second kappa shape index (κ2) is 18.2. The first-order valence-corrected chi connectivity index (χ1v) is 18.5. The Morgan fingerprint density at radius 1 is 0.820 bits per heavy atom. The van der Waals surface area contributed by atoms with Crippen LogP contribution in [0.5, 0.6) is 0 Å². The Labute approximate surface area is 299 Å². The normalized spacial score (nSPS) is 19.4. The van der Waals surface area contributed by atoms with Gasteiger partial charge in [-0.2, -0.15) is 0 Å². The van der Waals surface area contributed by atoms with E-state index in [4.69, 9.17) is 11.5 Å². The van der Waals surface area contributed by atoms with Crippen LogP contribution in [0.2, 0.25) is 0 Å². The molecule has 3 aromatic carbocycles. The van der Waals surface area contributed by atoms with E-state index >= 15 is 0 Å². The lowest BCUT2D eigenvalue weighted by molar-refractivity contribution is -0.142. The molecule has 1 aromatic heterocycles. The van der Waals surface area contributed by atoms with Crippen molar-refractivity contribution in [2.45, 2.75) is 92.9 Å². The smallest absolute Gasteiger partial charge is 0.245 e. The number of rotatable bonds is 10. The number of aryl methyl sites for hydroxylation is 1. The Balaban J connectivity index is 1.56. The quantitative estimate of drug-likeness (QED) is 0.134. The third-order valence-corrected chi connectivity index (χ3v) is 10.7. The first-order valence-electron chi connectivity index (χ1n) is 17.7. The number of hydrogen-bond donors (Lipinski definition) is 6. The molecule has 3 atom stereocenters. The molecular weight excluding hydrogens is 647 g/mol. The molecular formula is C39H51N7O3S. The maximum atomic E-state index is 14.4. The van der Waals surface area contributed by atoms with Gasteiger partial charge in [0.1, 0.15) is 12.1 Å². The van der Waals surface area contributed by atoms with Gasteiger partial charge in [0.15, 0.2) is 0 Å². The van der Waals surface area contributed by atoms with Gasteiger partial charge in [-0.15, -0.1) is 0 Å². The molecule has 1 aliphatic rings. The number of aromatic nitrogens is 1. The predicted octanol–water partition coefficient (Wildman–Crippen LogP) is 4.39. The van der Waals surface area contributed by atoms with Gasteiger partial charge >= 0.3 is 0 Å². The number of para-hydroxylation sites is 1. The number of nitrogens with zero attached hydrogens (tertiary/aromatic N) is 1. The van der Waals surface area contributed by atoms with Gasteiger partial charge in [-0.25, -0.2) is 0 Å². The average Bonchev–Trinajstić information content (AvgIpc) is 3.55. The zero-order valence-corrected chi connectivity index (χ0v) is 30.0. The molecule has 266 valence electrons. The molecule has 4 aromatic rings. The maximum absolute atomic E-state index is 14.4. The first kappa shape index (κ1) is 37.1. The van der Waals surface area contributed by atoms with Crippen molar-refractivity contribution >= 4 is 40.4 Å². The van der Waals surface area contributed by atoms with Crippen LogP contribution in [0, 0.1) is 0 Å². The summed E-state index contributed by atoms with van der Waals surface area (Å²) in [5, 5.41) is 10.7. The summed E-state index contributed by atoms with van der Waals surface area (Å²) in [5.74, 6) is -0.836. The molecule has 0 spiro atoms. The molecule has 11 heteroatoms. The molecule has 1 aliphatic heterocycles. The number of nitrogens with one attached hydrogen (secondary N) is 4. The number of benzene rings is 3. The van der Waals surface area contributed by atoms with E-state index in [-0.39, 0.29) is 17.7 Å². The van der Waals surface area contributed by atoms with E-state index in [1.807, 2.05) is 42.6 Å². The number of carbonyl (C=O) groups is 3. The van der Waals surface area contributed by atoms with Gasteiger partial charge < -0.3 is 37.3 Å². The molecule has 8 N–H and O–H groups in total. The molecule has 0 fully saturated rings. The standard InChI is InChI=1S/C39H51N7O3S/c1-3-26-17-18-36-29(21-26)25-44-38(48)34(22-28-24-42-31-13-6-5-12-30(28)31)46(2)39(49)33(14-8-9-19-40)45-37(47)32(15-10-20-41)43-23-27-11-4-7-16-35(27)50-36/h4-7,11-13,16-18,21,24,32-34,42-43H,3,8-10,14-15,19-20,22-23,25,40-41H2,1-2H3,(H,44,48)(H,45,47)/t32-,33-,34-/m0/s1. The average molecular weight is 698 g/mol. The highest BCUT2D eigenvalue weighted by Gasteiger charge is 2.34. The largest absolute Gasteiger partial charge is 0.361 e. The summed E-state index contributed by atoms with van der Waals surface area (Å²) in [7, 11) is 1.66. The SMILES string of the molecule is CCc1ccc2c(c1)CNC(=O)[C@H](Cc1c[nH]c3ccccc13)N(C)C(=O)[C@H](CCCCN)NC(=O)[C@H](CCCN)NCc1ccccc1S2. The van der Waals surface area contributed by atoms with Crippen LogP contribution in [-0.2, 0) is 40.3 Å². The summed E-state index contributed by atoms with van der Waals surface area (Å²) in [5.41, 5.74) is 16.8. The van der Waals surface area contributed by atoms with Crippen LogP contribution < -0.4 is 27.4 Å². The van der Waals surface area contributed by atoms with Crippen LogP contribution in [0.1, 0.15) is 61.3 Å². The molecule has 0 bridgehead atoms. The molecule has 0 saturated carbocycles. The number of carbonyl (C=O) groups excluding carboxylic acids is 3. The zero-order valence-electron chi connectivity index (χ0n) is 29.2. The lowest BCUT2D eigenvalue weighted by Crippen LogP contribution is -2.57. The summed E-state index contributed by atoms with van der Waals surface area (Å²) in [6.45, 7) is 3.81. The molecule has 2 heterocycles. The number of nitrogens with two attached hydrogens (primary N) is 2. The number of unbranched alkanes of at least 4 members (excludes halogenated alkanes) is 1. The Morgan fingerprint density at radius 3 is 2.36 bits per heavy atom. The number of H-pyrrole nitrogens is 1. The minimum Gasteiger partial charge on any atom is -0.361 e. The van der Waals surface area contributed by atoms with Crippen molar-refractivity contribution in [2.75, 3.05) is 20.1 Å². The van der Waals surface area contributed by atoms with E-state index < -0.39 is 18.1 Å². The number of fused-ring (bicyclic) bond motifs is 3. The summed E-state index contributed by atoms with van der Waals surface area (Å²) in [4.78, 5) is 49.6. The lowest BCUT2D eigenvalue weighted by atomic mass is 10.0. The van der Waals surface area contributed by atoms with Gasteiger partial charge in [0.25, 0.3) is 0 Å². The van der Waals surface area contributed by atoms with Crippen LogP contribution in [0.4, 0.5) is 0 Å². The van der Waals surface area contributed by atoms with E-state index in [0.717, 1.165) is 43.8 Å². The van der Waals surface area contributed by atoms with Gasteiger partial charge in [0, 0.05) is 53.4 Å². The molecule has 0 aliphatic carbocycles. The second-order valence-electron chi connectivity index (χ2n) is 13.0. The molecule has 0 saturated heterocycles. The Kier molecular flexibility index (Phi) is 13.5. The third kappa shape index (κ3) is 9.33. The van der Waals surface area contributed by atoms with Crippen LogP contribution in [-0.4, -0.2) is 65.9 Å². The molecule has 10 nitrogen and oxygen atoms in total. The third-order valence-electron chi connectivity index (χ3n) is 9.50. The Morgan fingerprint density at radius 2 is 1.56 bits per heavy atom. The van der Waals surface area contributed by atoms with Gasteiger partial charge in [-0.05, 0) is 92.1 Å². The maximum Gasteiger partial charge on any atom is 0.245 e. The molecule has 5 rings (SSSR count). The van der Waals surface area contributed by atoms with Crippen molar-refractivity contribution in [1.29, 1.82) is 0 Å². The molecule has 3 amide bonds. The minimum absolute atomic E-state index is 0.261. The summed E-state index contributed by atoms with van der Waals surface area (Å²) >= 11 is 1.65. The van der Waals surface area contributed by atoms with Gasteiger partial charge in [0.2, 0.25) is 17.7 Å². The topological polar surface area (TPSA) is 158 Å². The Bertz CT molecular complexity index is 1760. The fourth-order valence-electron chi connectivity index (χ4n) is 6.48. The fraction of sp³-hybridized carbons (Fsp3) is 0.410. The summed E-state index contributed by atoms with van der Waals surface area (Å²) in [6.07, 6.45) is 6.01. The first-order chi connectivity index (χ1) is 24.3. The molecule has 0 radical (unpaired) electrons. The van der Waals surface area contributed by atoms with Gasteiger partial charge in [0.05, 0.1) is 6.04 Å². The highest BCUT2D eigenvalue weighted by atomic mass is 32.2. The van der Waals surface area contributed by atoms with Gasteiger partial charge in [-0.1, -0.05) is 67.2 Å². The zero-order chi connectivity index (χ0) is 35.5. The van der Waals surface area contributed by atoms with E-state index in [9.17, 15) is 14.4 Å².